The van der Waals surface area contributed by atoms with Gasteiger partial charge in [0, 0.05) is 22.9 Å². The van der Waals surface area contributed by atoms with Crippen LogP contribution in [0.5, 0.6) is 0 Å². The van der Waals surface area contributed by atoms with Crippen LogP contribution in [0.1, 0.15) is 54.9 Å². The van der Waals surface area contributed by atoms with E-state index < -0.39 is 13.7 Å². The lowest BCUT2D eigenvalue weighted by atomic mass is 10.0. The van der Waals surface area contributed by atoms with Crippen molar-refractivity contribution < 1.29 is 14.3 Å². The van der Waals surface area contributed by atoms with Gasteiger partial charge in [-0.2, -0.15) is 0 Å². The summed E-state index contributed by atoms with van der Waals surface area (Å²) in [4.78, 5) is 28.0. The summed E-state index contributed by atoms with van der Waals surface area (Å²) in [5.41, 5.74) is 1.99. The first-order valence-electron chi connectivity index (χ1n) is 9.82. The Balaban J connectivity index is 2.67. The molecule has 0 saturated carbocycles. The molecule has 2 aliphatic rings. The molecule has 1 amide bonds. The minimum Gasteiger partial charge on any atom is -0.443 e. The first-order valence-corrected chi connectivity index (χ1v) is 12.4. The maximum atomic E-state index is 13.4. The molecule has 1 aliphatic carbocycles. The SMILES string of the molecule is CC=C1C(=O)C([Si](CC)(CC)CC)=C2C1=CCCN2C(=O)OC(C)(C)C. The molecule has 2 rings (SSSR count). The number of ether oxygens (including phenoxy) is 1. The van der Waals surface area contributed by atoms with Crippen molar-refractivity contribution in [1.29, 1.82) is 0 Å². The highest BCUT2D eigenvalue weighted by molar-refractivity contribution is 6.91. The van der Waals surface area contributed by atoms with Crippen LogP contribution >= 0.6 is 0 Å². The van der Waals surface area contributed by atoms with Crippen LogP contribution < -0.4 is 0 Å². The van der Waals surface area contributed by atoms with E-state index in [1.807, 2.05) is 33.8 Å². The monoisotopic (exact) mass is 375 g/mol. The van der Waals surface area contributed by atoms with Gasteiger partial charge >= 0.3 is 6.09 Å². The first-order chi connectivity index (χ1) is 12.2. The van der Waals surface area contributed by atoms with Crippen LogP contribution in [0.15, 0.2) is 34.2 Å². The molecule has 144 valence electrons. The van der Waals surface area contributed by atoms with E-state index in [1.165, 1.54) is 0 Å². The molecule has 0 N–H and O–H groups in total. The molecule has 0 saturated heterocycles. The Morgan fingerprint density at radius 3 is 2.27 bits per heavy atom. The Kier molecular flexibility index (Phi) is 6.01. The molecule has 1 heterocycles. The summed E-state index contributed by atoms with van der Waals surface area (Å²) in [6.45, 7) is 14.7. The molecule has 0 spiro atoms. The minimum atomic E-state index is -1.96. The Labute approximate surface area is 159 Å². The van der Waals surface area contributed by atoms with Crippen molar-refractivity contribution in [3.63, 3.8) is 0 Å². The van der Waals surface area contributed by atoms with Crippen LogP contribution in [0.2, 0.25) is 18.1 Å². The molecule has 0 aromatic rings. The predicted molar refractivity (Wildman–Crippen MR) is 109 cm³/mol. The van der Waals surface area contributed by atoms with Crippen molar-refractivity contribution >= 4 is 20.0 Å². The van der Waals surface area contributed by atoms with Crippen LogP contribution in [0.25, 0.3) is 0 Å². The molecule has 0 fully saturated rings. The Hall–Kier alpha value is -1.62. The van der Waals surface area contributed by atoms with Gasteiger partial charge in [0.05, 0.1) is 13.8 Å². The zero-order valence-electron chi connectivity index (χ0n) is 17.4. The van der Waals surface area contributed by atoms with Gasteiger partial charge in [0.25, 0.3) is 0 Å². The van der Waals surface area contributed by atoms with Gasteiger partial charge in [-0.3, -0.25) is 9.69 Å². The third-order valence-electron chi connectivity index (χ3n) is 5.69. The van der Waals surface area contributed by atoms with Gasteiger partial charge in [-0.1, -0.05) is 51.1 Å². The summed E-state index contributed by atoms with van der Waals surface area (Å²) in [6.07, 6.45) is 4.43. The Morgan fingerprint density at radius 2 is 1.81 bits per heavy atom. The maximum absolute atomic E-state index is 13.4. The van der Waals surface area contributed by atoms with Gasteiger partial charge in [0.15, 0.2) is 5.78 Å². The lowest BCUT2D eigenvalue weighted by Crippen LogP contribution is -2.43. The zero-order chi connectivity index (χ0) is 19.7. The number of rotatable bonds is 4. The lowest BCUT2D eigenvalue weighted by molar-refractivity contribution is -0.111. The number of carbonyl (C=O) groups is 2. The van der Waals surface area contributed by atoms with Crippen molar-refractivity contribution in [1.82, 2.24) is 4.90 Å². The van der Waals surface area contributed by atoms with Gasteiger partial charge in [0.2, 0.25) is 0 Å². The normalized spacial score (nSPS) is 19.8. The molecule has 0 bridgehead atoms. The van der Waals surface area contributed by atoms with Crippen LogP contribution in [0.3, 0.4) is 0 Å². The van der Waals surface area contributed by atoms with Crippen LogP contribution in [0.4, 0.5) is 4.79 Å². The highest BCUT2D eigenvalue weighted by Crippen LogP contribution is 2.45. The van der Waals surface area contributed by atoms with Crippen molar-refractivity contribution in [2.45, 2.75) is 78.6 Å². The second kappa shape index (κ2) is 7.55. The quantitative estimate of drug-likeness (QED) is 0.489. The van der Waals surface area contributed by atoms with Crippen molar-refractivity contribution in [3.05, 3.63) is 34.2 Å². The summed E-state index contributed by atoms with van der Waals surface area (Å²) in [5, 5.41) is 0.940. The maximum Gasteiger partial charge on any atom is 0.414 e. The highest BCUT2D eigenvalue weighted by atomic mass is 28.3. The van der Waals surface area contributed by atoms with Crippen molar-refractivity contribution in [3.8, 4) is 0 Å². The number of hydrogen-bond donors (Lipinski definition) is 0. The molecule has 4 nitrogen and oxygen atoms in total. The van der Waals surface area contributed by atoms with Crippen LogP contribution in [-0.4, -0.2) is 37.0 Å². The minimum absolute atomic E-state index is 0.140. The average Bonchev–Trinajstić information content (AvgIpc) is 2.88. The number of carbonyl (C=O) groups excluding carboxylic acids is 2. The standard InChI is InChI=1S/C21H33NO3Si/c1-8-15-16-13-12-14-22(20(24)25-21(5,6)7)17(16)19(18(15)23)26(9-2,10-3)11-4/h8,13H,9-12,14H2,1-7H3. The fraction of sp³-hybridized carbons (Fsp3) is 0.619. The predicted octanol–water partition coefficient (Wildman–Crippen LogP) is 5.38. The fourth-order valence-electron chi connectivity index (χ4n) is 4.12. The molecule has 0 aromatic heterocycles. The van der Waals surface area contributed by atoms with Gasteiger partial charge in [0.1, 0.15) is 5.60 Å². The van der Waals surface area contributed by atoms with Gasteiger partial charge in [-0.15, -0.1) is 0 Å². The second-order valence-corrected chi connectivity index (χ2v) is 13.3. The van der Waals surface area contributed by atoms with E-state index in [1.54, 1.807) is 4.90 Å². The summed E-state index contributed by atoms with van der Waals surface area (Å²) >= 11 is 0. The molecule has 5 heteroatoms. The molecule has 0 atom stereocenters. The summed E-state index contributed by atoms with van der Waals surface area (Å²) in [6, 6.07) is 3.03. The lowest BCUT2D eigenvalue weighted by Gasteiger charge is -2.35. The number of nitrogens with zero attached hydrogens (tertiary/aromatic N) is 1. The molecule has 0 radical (unpaired) electrons. The number of hydrogen-bond acceptors (Lipinski definition) is 3. The topological polar surface area (TPSA) is 46.6 Å². The van der Waals surface area contributed by atoms with E-state index in [9.17, 15) is 9.59 Å². The van der Waals surface area contributed by atoms with E-state index >= 15 is 0 Å². The van der Waals surface area contributed by atoms with E-state index in [0.717, 1.165) is 46.6 Å². The summed E-state index contributed by atoms with van der Waals surface area (Å²) < 4.78 is 5.66. The van der Waals surface area contributed by atoms with Gasteiger partial charge in [-0.25, -0.2) is 4.79 Å². The molecule has 0 unspecified atom stereocenters. The number of ketones is 1. The van der Waals surface area contributed by atoms with E-state index in [-0.39, 0.29) is 11.9 Å². The van der Waals surface area contributed by atoms with Crippen molar-refractivity contribution in [2.75, 3.05) is 6.54 Å². The highest BCUT2D eigenvalue weighted by Gasteiger charge is 2.47. The molecule has 26 heavy (non-hydrogen) atoms. The molecular weight excluding hydrogens is 342 g/mol. The van der Waals surface area contributed by atoms with Crippen LogP contribution in [-0.2, 0) is 9.53 Å². The number of Topliss-reactive ketones (excluding diaryl/α,β-unsaturated/α-hetero) is 1. The fourth-order valence-corrected chi connectivity index (χ4v) is 8.07. The third-order valence-corrected chi connectivity index (χ3v) is 11.3. The second-order valence-electron chi connectivity index (χ2n) is 8.13. The van der Waals surface area contributed by atoms with Gasteiger partial charge in [-0.05, 0) is 34.1 Å². The average molecular weight is 376 g/mol. The van der Waals surface area contributed by atoms with Crippen LogP contribution in [0, 0.1) is 0 Å². The molecule has 0 aromatic carbocycles. The van der Waals surface area contributed by atoms with E-state index in [4.69, 9.17) is 4.74 Å². The number of allylic oxidation sites excluding steroid dienone is 3. The first kappa shape index (κ1) is 20.7. The smallest absolute Gasteiger partial charge is 0.414 e. The number of amides is 1. The Morgan fingerprint density at radius 1 is 1.23 bits per heavy atom. The summed E-state index contributed by atoms with van der Waals surface area (Å²) in [7, 11) is -1.96. The Bertz CT molecular complexity index is 682. The largest absolute Gasteiger partial charge is 0.443 e. The molecular formula is C21H33NO3Si. The summed E-state index contributed by atoms with van der Waals surface area (Å²) in [5.74, 6) is 0.140. The van der Waals surface area contributed by atoms with E-state index in [2.05, 4.69) is 26.8 Å². The van der Waals surface area contributed by atoms with Crippen molar-refractivity contribution in [2.24, 2.45) is 0 Å². The molecule has 1 aliphatic heterocycles. The number of fused-ring (bicyclic) bond motifs is 1. The third kappa shape index (κ3) is 3.46. The van der Waals surface area contributed by atoms with E-state index in [0.29, 0.717) is 6.54 Å². The zero-order valence-corrected chi connectivity index (χ0v) is 18.4. The van der Waals surface area contributed by atoms with Gasteiger partial charge < -0.3 is 4.74 Å².